The van der Waals surface area contributed by atoms with Crippen molar-refractivity contribution >= 4 is 23.6 Å². The van der Waals surface area contributed by atoms with Crippen LogP contribution in [0.1, 0.15) is 34.1 Å². The van der Waals surface area contributed by atoms with Gasteiger partial charge in [0.15, 0.2) is 0 Å². The number of halogens is 1. The zero-order chi connectivity index (χ0) is 17.1. The molecule has 1 aliphatic rings. The van der Waals surface area contributed by atoms with Gasteiger partial charge >= 0.3 is 5.97 Å². The molecular formula is C19H18ClNO3. The average Bonchev–Trinajstić information content (AvgIpc) is 2.99. The minimum Gasteiger partial charge on any atom is -0.492 e. The van der Waals surface area contributed by atoms with Crippen LogP contribution in [0, 0.1) is 0 Å². The molecule has 0 spiro atoms. The highest BCUT2D eigenvalue weighted by Gasteiger charge is 2.21. The van der Waals surface area contributed by atoms with Gasteiger partial charge in [0.25, 0.3) is 0 Å². The van der Waals surface area contributed by atoms with Crippen LogP contribution in [0.3, 0.4) is 0 Å². The molecule has 3 rings (SSSR count). The monoisotopic (exact) mass is 343 g/mol. The molecule has 0 unspecified atom stereocenters. The van der Waals surface area contributed by atoms with Crippen molar-refractivity contribution in [1.29, 1.82) is 0 Å². The van der Waals surface area contributed by atoms with Gasteiger partial charge in [0, 0.05) is 6.20 Å². The van der Waals surface area contributed by atoms with Crippen molar-refractivity contribution < 1.29 is 14.3 Å². The Balaban J connectivity index is 1.81. The minimum absolute atomic E-state index is 0.326. The topological polar surface area (TPSA) is 48.4 Å². The normalized spacial score (nSPS) is 12.5. The molecule has 0 aliphatic heterocycles. The number of allylic oxidation sites excluding steroid dienone is 1. The zero-order valence-electron chi connectivity index (χ0n) is 13.6. The summed E-state index contributed by atoms with van der Waals surface area (Å²) in [5.74, 6) is 0.370. The van der Waals surface area contributed by atoms with E-state index in [0.717, 1.165) is 23.2 Å². The van der Waals surface area contributed by atoms with E-state index in [-0.39, 0.29) is 5.97 Å². The third kappa shape index (κ3) is 3.29. The van der Waals surface area contributed by atoms with Crippen LogP contribution in [0.5, 0.6) is 5.75 Å². The van der Waals surface area contributed by atoms with Crippen LogP contribution in [0.15, 0.2) is 36.0 Å². The molecule has 1 aliphatic carbocycles. The summed E-state index contributed by atoms with van der Waals surface area (Å²) in [7, 11) is 1.39. The Morgan fingerprint density at radius 1 is 1.33 bits per heavy atom. The maximum atomic E-state index is 11.9. The molecule has 0 fully saturated rings. The molecule has 4 nitrogen and oxygen atoms in total. The number of rotatable bonds is 5. The van der Waals surface area contributed by atoms with Crippen molar-refractivity contribution in [3.63, 3.8) is 0 Å². The van der Waals surface area contributed by atoms with E-state index in [2.05, 4.69) is 4.98 Å². The van der Waals surface area contributed by atoms with Gasteiger partial charge in [-0.15, -0.1) is 0 Å². The van der Waals surface area contributed by atoms with E-state index in [1.54, 1.807) is 12.3 Å². The second-order valence-corrected chi connectivity index (χ2v) is 5.98. The fourth-order valence-corrected chi connectivity index (χ4v) is 3.06. The molecule has 1 aromatic carbocycles. The molecule has 2 aromatic rings. The van der Waals surface area contributed by atoms with Gasteiger partial charge in [-0.05, 0) is 55.2 Å². The predicted octanol–water partition coefficient (Wildman–Crippen LogP) is 4.10. The molecule has 0 bridgehead atoms. The number of pyridine rings is 1. The highest BCUT2D eigenvalue weighted by molar-refractivity contribution is 6.32. The first-order valence-corrected chi connectivity index (χ1v) is 8.17. The van der Waals surface area contributed by atoms with Crippen molar-refractivity contribution in [3.05, 3.63) is 63.4 Å². The first-order chi connectivity index (χ1) is 11.6. The van der Waals surface area contributed by atoms with Gasteiger partial charge in [-0.3, -0.25) is 4.98 Å². The summed E-state index contributed by atoms with van der Waals surface area (Å²) in [4.78, 5) is 16.2. The quantitative estimate of drug-likeness (QED) is 0.767. The molecule has 124 valence electrons. The largest absolute Gasteiger partial charge is 0.492 e. The van der Waals surface area contributed by atoms with Gasteiger partial charge < -0.3 is 9.47 Å². The number of carbonyl (C=O) groups excluding carboxylic acids is 1. The van der Waals surface area contributed by atoms with E-state index < -0.39 is 0 Å². The smallest absolute Gasteiger partial charge is 0.338 e. The number of benzene rings is 1. The fourth-order valence-electron chi connectivity index (χ4n) is 2.89. The van der Waals surface area contributed by atoms with Gasteiger partial charge in [0.1, 0.15) is 5.75 Å². The molecule has 24 heavy (non-hydrogen) atoms. The van der Waals surface area contributed by atoms with E-state index in [0.29, 0.717) is 29.4 Å². The van der Waals surface area contributed by atoms with Crippen LogP contribution in [-0.2, 0) is 17.6 Å². The maximum absolute atomic E-state index is 11.9. The molecule has 0 saturated heterocycles. The number of fused-ring (bicyclic) bond motifs is 1. The van der Waals surface area contributed by atoms with Crippen molar-refractivity contribution in [2.24, 2.45) is 0 Å². The third-order valence-electron chi connectivity index (χ3n) is 3.97. The minimum atomic E-state index is -0.326. The summed E-state index contributed by atoms with van der Waals surface area (Å²) < 4.78 is 10.4. The molecule has 0 radical (unpaired) electrons. The standard InChI is InChI=1S/C19H18ClNO3/c1-3-24-18-11-12(4-5-16(18)20)8-13-9-15-14(19(22)23-2)6-7-21-17(15)10-13/h4-7,10-11H,3,8-9H2,1-2H3. The number of ether oxygens (including phenoxy) is 2. The number of hydrogen-bond acceptors (Lipinski definition) is 4. The van der Waals surface area contributed by atoms with Gasteiger partial charge in [0.2, 0.25) is 0 Å². The van der Waals surface area contributed by atoms with Crippen LogP contribution in [0.2, 0.25) is 5.02 Å². The molecule has 0 N–H and O–H groups in total. The Morgan fingerprint density at radius 3 is 2.92 bits per heavy atom. The molecule has 5 heteroatoms. The predicted molar refractivity (Wildman–Crippen MR) is 93.6 cm³/mol. The summed E-state index contributed by atoms with van der Waals surface area (Å²) in [6.07, 6.45) is 5.13. The van der Waals surface area contributed by atoms with Crippen molar-refractivity contribution in [3.8, 4) is 5.75 Å². The lowest BCUT2D eigenvalue weighted by atomic mass is 10.0. The van der Waals surface area contributed by atoms with E-state index >= 15 is 0 Å². The van der Waals surface area contributed by atoms with Gasteiger partial charge in [-0.25, -0.2) is 4.79 Å². The number of esters is 1. The van der Waals surface area contributed by atoms with Crippen LogP contribution in [-0.4, -0.2) is 24.7 Å². The Morgan fingerprint density at radius 2 is 2.17 bits per heavy atom. The molecule has 1 heterocycles. The average molecular weight is 344 g/mol. The summed E-state index contributed by atoms with van der Waals surface area (Å²) in [5.41, 5.74) is 4.66. The van der Waals surface area contributed by atoms with Crippen molar-refractivity contribution in [1.82, 2.24) is 4.98 Å². The Bertz CT molecular complexity index is 814. The summed E-state index contributed by atoms with van der Waals surface area (Å²) in [6, 6.07) is 7.51. The van der Waals surface area contributed by atoms with E-state index in [9.17, 15) is 4.79 Å². The maximum Gasteiger partial charge on any atom is 0.338 e. The van der Waals surface area contributed by atoms with Crippen LogP contribution in [0.4, 0.5) is 0 Å². The number of hydrogen-bond donors (Lipinski definition) is 0. The van der Waals surface area contributed by atoms with Gasteiger partial charge in [-0.2, -0.15) is 0 Å². The zero-order valence-corrected chi connectivity index (χ0v) is 14.4. The van der Waals surface area contributed by atoms with Crippen LogP contribution in [0.25, 0.3) is 6.08 Å². The van der Waals surface area contributed by atoms with Crippen LogP contribution < -0.4 is 4.74 Å². The van der Waals surface area contributed by atoms with Gasteiger partial charge in [-0.1, -0.05) is 23.2 Å². The fraction of sp³-hybridized carbons (Fsp3) is 0.263. The lowest BCUT2D eigenvalue weighted by Gasteiger charge is -2.09. The lowest BCUT2D eigenvalue weighted by Crippen LogP contribution is -2.07. The lowest BCUT2D eigenvalue weighted by molar-refractivity contribution is 0.0599. The highest BCUT2D eigenvalue weighted by Crippen LogP contribution is 2.31. The van der Waals surface area contributed by atoms with Gasteiger partial charge in [0.05, 0.1) is 30.0 Å². The second-order valence-electron chi connectivity index (χ2n) is 5.57. The molecule has 0 atom stereocenters. The van der Waals surface area contributed by atoms with Crippen molar-refractivity contribution in [2.75, 3.05) is 13.7 Å². The first kappa shape index (κ1) is 16.5. The number of carbonyl (C=O) groups is 1. The number of methoxy groups -OCH3 is 1. The first-order valence-electron chi connectivity index (χ1n) is 7.79. The van der Waals surface area contributed by atoms with Crippen LogP contribution >= 0.6 is 11.6 Å². The Kier molecular flexibility index (Phi) is 4.86. The van der Waals surface area contributed by atoms with E-state index in [1.165, 1.54) is 12.7 Å². The Hall–Kier alpha value is -2.33. The van der Waals surface area contributed by atoms with Crippen molar-refractivity contribution in [2.45, 2.75) is 19.8 Å². The second kappa shape index (κ2) is 7.05. The third-order valence-corrected chi connectivity index (χ3v) is 4.28. The molecular weight excluding hydrogens is 326 g/mol. The molecule has 0 saturated carbocycles. The summed E-state index contributed by atoms with van der Waals surface area (Å²) in [6.45, 7) is 2.50. The molecule has 1 aromatic heterocycles. The summed E-state index contributed by atoms with van der Waals surface area (Å²) in [5, 5.41) is 0.610. The Labute approximate surface area is 146 Å². The number of aromatic nitrogens is 1. The highest BCUT2D eigenvalue weighted by atomic mass is 35.5. The summed E-state index contributed by atoms with van der Waals surface area (Å²) >= 11 is 6.14. The number of nitrogens with zero attached hydrogens (tertiary/aromatic N) is 1. The molecule has 0 amide bonds. The SMILES string of the molecule is CCOc1cc(CC2=Cc3nccc(C(=O)OC)c3C2)ccc1Cl. The van der Waals surface area contributed by atoms with E-state index in [1.807, 2.05) is 31.2 Å². The van der Waals surface area contributed by atoms with E-state index in [4.69, 9.17) is 21.1 Å².